The first-order valence-electron chi connectivity index (χ1n) is 8.19. The summed E-state index contributed by atoms with van der Waals surface area (Å²) in [5.74, 6) is 0.950. The Balaban J connectivity index is 2.35. The Morgan fingerprint density at radius 2 is 1.82 bits per heavy atom. The van der Waals surface area contributed by atoms with Crippen molar-refractivity contribution in [2.75, 3.05) is 34.4 Å². The van der Waals surface area contributed by atoms with Crippen LogP contribution in [0.25, 0.3) is 0 Å². The SMILES string of the molecule is CCc1ccc(CN(C)C(=NC)NCCCCCOC)cc1. The first-order valence-corrected chi connectivity index (χ1v) is 8.19. The molecule has 0 fully saturated rings. The predicted octanol–water partition coefficient (Wildman–Crippen LogP) is 3.07. The smallest absolute Gasteiger partial charge is 0.193 e. The van der Waals surface area contributed by atoms with E-state index in [1.165, 1.54) is 17.5 Å². The van der Waals surface area contributed by atoms with Crippen LogP contribution in [0.5, 0.6) is 0 Å². The molecule has 4 heteroatoms. The molecule has 1 aromatic carbocycles. The highest BCUT2D eigenvalue weighted by molar-refractivity contribution is 5.79. The highest BCUT2D eigenvalue weighted by Gasteiger charge is 2.06. The molecule has 0 aliphatic rings. The van der Waals surface area contributed by atoms with Gasteiger partial charge in [0.25, 0.3) is 0 Å². The molecule has 0 atom stereocenters. The van der Waals surface area contributed by atoms with Crippen molar-refractivity contribution in [3.63, 3.8) is 0 Å². The van der Waals surface area contributed by atoms with Gasteiger partial charge in [0.2, 0.25) is 0 Å². The summed E-state index contributed by atoms with van der Waals surface area (Å²) in [5.41, 5.74) is 2.69. The molecule has 0 aliphatic carbocycles. The van der Waals surface area contributed by atoms with E-state index < -0.39 is 0 Å². The molecule has 22 heavy (non-hydrogen) atoms. The van der Waals surface area contributed by atoms with Crippen molar-refractivity contribution in [1.82, 2.24) is 10.2 Å². The van der Waals surface area contributed by atoms with E-state index in [9.17, 15) is 0 Å². The number of hydrogen-bond donors (Lipinski definition) is 1. The summed E-state index contributed by atoms with van der Waals surface area (Å²) in [4.78, 5) is 6.52. The molecule has 124 valence electrons. The van der Waals surface area contributed by atoms with Crippen molar-refractivity contribution in [2.45, 2.75) is 39.2 Å². The molecule has 1 rings (SSSR count). The van der Waals surface area contributed by atoms with Crippen LogP contribution in [0.3, 0.4) is 0 Å². The average molecular weight is 305 g/mol. The third-order valence-electron chi connectivity index (χ3n) is 3.73. The highest BCUT2D eigenvalue weighted by Crippen LogP contribution is 2.07. The average Bonchev–Trinajstić information content (AvgIpc) is 2.55. The van der Waals surface area contributed by atoms with Crippen molar-refractivity contribution >= 4 is 5.96 Å². The number of aliphatic imine (C=N–C) groups is 1. The molecule has 0 amide bonds. The molecule has 0 saturated carbocycles. The predicted molar refractivity (Wildman–Crippen MR) is 94.4 cm³/mol. The molecule has 0 aromatic heterocycles. The molecule has 0 bridgehead atoms. The summed E-state index contributed by atoms with van der Waals surface area (Å²) >= 11 is 0. The first-order chi connectivity index (χ1) is 10.7. The van der Waals surface area contributed by atoms with Crippen molar-refractivity contribution in [1.29, 1.82) is 0 Å². The lowest BCUT2D eigenvalue weighted by atomic mass is 10.1. The van der Waals surface area contributed by atoms with Crippen LogP contribution >= 0.6 is 0 Å². The zero-order valence-electron chi connectivity index (χ0n) is 14.6. The summed E-state index contributed by atoms with van der Waals surface area (Å²) < 4.78 is 5.06. The zero-order chi connectivity index (χ0) is 16.2. The second-order valence-electron chi connectivity index (χ2n) is 5.55. The monoisotopic (exact) mass is 305 g/mol. The molecular weight excluding hydrogens is 274 g/mol. The van der Waals surface area contributed by atoms with Gasteiger partial charge in [0.15, 0.2) is 5.96 Å². The Bertz CT molecular complexity index is 428. The second kappa shape index (κ2) is 11.1. The van der Waals surface area contributed by atoms with Crippen LogP contribution in [0.15, 0.2) is 29.3 Å². The maximum Gasteiger partial charge on any atom is 0.193 e. The topological polar surface area (TPSA) is 36.9 Å². The minimum absolute atomic E-state index is 0.850. The van der Waals surface area contributed by atoms with Crippen LogP contribution in [-0.4, -0.2) is 45.2 Å². The number of aryl methyl sites for hydroxylation is 1. The third kappa shape index (κ3) is 6.94. The Morgan fingerprint density at radius 3 is 2.41 bits per heavy atom. The molecule has 0 radical (unpaired) electrons. The number of ether oxygens (including phenoxy) is 1. The fraction of sp³-hybridized carbons (Fsp3) is 0.611. The largest absolute Gasteiger partial charge is 0.385 e. The van der Waals surface area contributed by atoms with Crippen LogP contribution < -0.4 is 5.32 Å². The number of unbranched alkanes of at least 4 members (excludes halogenated alkanes) is 2. The van der Waals surface area contributed by atoms with E-state index in [0.717, 1.165) is 44.9 Å². The lowest BCUT2D eigenvalue weighted by Gasteiger charge is -2.22. The van der Waals surface area contributed by atoms with Crippen molar-refractivity contribution in [3.8, 4) is 0 Å². The zero-order valence-corrected chi connectivity index (χ0v) is 14.6. The molecule has 0 spiro atoms. The molecule has 0 aliphatic heterocycles. The third-order valence-corrected chi connectivity index (χ3v) is 3.73. The van der Waals surface area contributed by atoms with Crippen molar-refractivity contribution < 1.29 is 4.74 Å². The summed E-state index contributed by atoms with van der Waals surface area (Å²) in [6.45, 7) is 4.85. The summed E-state index contributed by atoms with van der Waals surface area (Å²) in [6.07, 6.45) is 4.53. The molecule has 4 nitrogen and oxygen atoms in total. The van der Waals surface area contributed by atoms with Gasteiger partial charge in [0.05, 0.1) is 0 Å². The number of hydrogen-bond acceptors (Lipinski definition) is 2. The Hall–Kier alpha value is -1.55. The number of guanidine groups is 1. The maximum atomic E-state index is 5.06. The van der Waals surface area contributed by atoms with Gasteiger partial charge in [-0.2, -0.15) is 0 Å². The quantitative estimate of drug-likeness (QED) is 0.433. The normalized spacial score (nSPS) is 11.5. The molecule has 0 unspecified atom stereocenters. The van der Waals surface area contributed by atoms with Gasteiger partial charge in [-0.25, -0.2) is 0 Å². The van der Waals surface area contributed by atoms with Crippen LogP contribution in [0.4, 0.5) is 0 Å². The van der Waals surface area contributed by atoms with Gasteiger partial charge in [0.1, 0.15) is 0 Å². The molecule has 1 aromatic rings. The lowest BCUT2D eigenvalue weighted by molar-refractivity contribution is 0.192. The van der Waals surface area contributed by atoms with Gasteiger partial charge in [-0.05, 0) is 36.8 Å². The van der Waals surface area contributed by atoms with E-state index in [2.05, 4.69) is 53.4 Å². The number of benzene rings is 1. The number of rotatable bonds is 9. The fourth-order valence-corrected chi connectivity index (χ4v) is 2.36. The van der Waals surface area contributed by atoms with Crippen LogP contribution in [0.2, 0.25) is 0 Å². The summed E-state index contributed by atoms with van der Waals surface area (Å²) in [6, 6.07) is 8.81. The van der Waals surface area contributed by atoms with Crippen molar-refractivity contribution in [3.05, 3.63) is 35.4 Å². The number of nitrogens with zero attached hydrogens (tertiary/aromatic N) is 2. The molecule has 0 heterocycles. The molecular formula is C18H31N3O. The highest BCUT2D eigenvalue weighted by atomic mass is 16.5. The number of methoxy groups -OCH3 is 1. The van der Waals surface area contributed by atoms with Gasteiger partial charge in [-0.3, -0.25) is 4.99 Å². The van der Waals surface area contributed by atoms with Crippen molar-refractivity contribution in [2.24, 2.45) is 4.99 Å². The van der Waals surface area contributed by atoms with Gasteiger partial charge in [-0.15, -0.1) is 0 Å². The minimum atomic E-state index is 0.850. The minimum Gasteiger partial charge on any atom is -0.385 e. The van der Waals surface area contributed by atoms with E-state index >= 15 is 0 Å². The maximum absolute atomic E-state index is 5.06. The van der Waals surface area contributed by atoms with Crippen LogP contribution in [-0.2, 0) is 17.7 Å². The van der Waals surface area contributed by atoms with E-state index in [1.807, 2.05) is 7.05 Å². The van der Waals surface area contributed by atoms with Gasteiger partial charge in [0, 0.05) is 40.9 Å². The first kappa shape index (κ1) is 18.5. The lowest BCUT2D eigenvalue weighted by Crippen LogP contribution is -2.38. The summed E-state index contributed by atoms with van der Waals surface area (Å²) in [7, 11) is 5.67. The van der Waals surface area contributed by atoms with Gasteiger partial charge < -0.3 is 15.0 Å². The number of nitrogens with one attached hydrogen (secondary N) is 1. The Morgan fingerprint density at radius 1 is 1.14 bits per heavy atom. The Labute approximate surface area is 135 Å². The van der Waals surface area contributed by atoms with Gasteiger partial charge >= 0.3 is 0 Å². The molecule has 0 saturated heterocycles. The standard InChI is InChI=1S/C18H31N3O/c1-5-16-9-11-17(12-10-16)15-21(3)18(19-2)20-13-7-6-8-14-22-4/h9-12H,5-8,13-15H2,1-4H3,(H,19,20). The van der Waals surface area contributed by atoms with E-state index in [-0.39, 0.29) is 0 Å². The fourth-order valence-electron chi connectivity index (χ4n) is 2.36. The van der Waals surface area contributed by atoms with Crippen LogP contribution in [0, 0.1) is 0 Å². The van der Waals surface area contributed by atoms with Crippen LogP contribution in [0.1, 0.15) is 37.3 Å². The van der Waals surface area contributed by atoms with Gasteiger partial charge in [-0.1, -0.05) is 31.2 Å². The van der Waals surface area contributed by atoms with E-state index in [1.54, 1.807) is 7.11 Å². The summed E-state index contributed by atoms with van der Waals surface area (Å²) in [5, 5.41) is 3.42. The molecule has 1 N–H and O–H groups in total. The Kier molecular flexibility index (Phi) is 9.31. The van der Waals surface area contributed by atoms with E-state index in [4.69, 9.17) is 4.74 Å². The van der Waals surface area contributed by atoms with E-state index in [0.29, 0.717) is 0 Å². The second-order valence-corrected chi connectivity index (χ2v) is 5.55.